The van der Waals surface area contributed by atoms with Gasteiger partial charge in [0.25, 0.3) is 5.56 Å². The van der Waals surface area contributed by atoms with Crippen LogP contribution in [0.25, 0.3) is 0 Å². The van der Waals surface area contributed by atoms with Gasteiger partial charge in [-0.25, -0.2) is 9.18 Å². The first-order valence-electron chi connectivity index (χ1n) is 13.3. The van der Waals surface area contributed by atoms with Gasteiger partial charge in [0.1, 0.15) is 30.2 Å². The molecule has 13 heteroatoms. The second kappa shape index (κ2) is 12.3. The van der Waals surface area contributed by atoms with Gasteiger partial charge in [0.05, 0.1) is 10.9 Å². The number of aliphatic hydroxyl groups excluding tert-OH is 1. The first kappa shape index (κ1) is 32.8. The van der Waals surface area contributed by atoms with Crippen molar-refractivity contribution in [2.75, 3.05) is 6.61 Å². The van der Waals surface area contributed by atoms with Gasteiger partial charge in [0, 0.05) is 11.8 Å². The molecule has 0 amide bonds. The lowest BCUT2D eigenvalue weighted by Gasteiger charge is -2.39. The number of alkyl halides is 1. The molecule has 1 aromatic heterocycles. The molecular formula is C26H43FN2O6PS2Si+. The quantitative estimate of drug-likeness (QED) is 0.212. The van der Waals surface area contributed by atoms with E-state index in [1.165, 1.54) is 17.6 Å². The number of aromatic nitrogens is 2. The Hall–Kier alpha value is -0.723. The Kier molecular flexibility index (Phi) is 10.3. The molecule has 2 unspecified atom stereocenters. The van der Waals surface area contributed by atoms with Crippen molar-refractivity contribution >= 4 is 37.6 Å². The zero-order chi connectivity index (χ0) is 29.5. The molecule has 3 rings (SSSR count). The van der Waals surface area contributed by atoms with Crippen LogP contribution in [-0.2, 0) is 25.5 Å². The number of ether oxygens (including phenoxy) is 1. The molecule has 8 nitrogen and oxygen atoms in total. The second-order valence-electron chi connectivity index (χ2n) is 12.6. The number of rotatable bonds is 9. The standard InChI is InChI=1S/C26H42FN2O6PS2Si/c1-15(2)17-10-11-26(7,19(30)12-17)38-36(37)33-14-18-21(35-39(8,9)25(4,5)6)20(27)23(34-18)29-13-16(3)22(31)28-24(29)32/h13,17-21,23,30H,1,10-12,14H2,2-9H3/p+1/t17-,18-,19+,20-,21?,23-,26+/m1/s1. The zero-order valence-corrected chi connectivity index (χ0v) is 27.7. The predicted molar refractivity (Wildman–Crippen MR) is 161 cm³/mol. The Labute approximate surface area is 241 Å². The van der Waals surface area contributed by atoms with E-state index in [2.05, 4.69) is 32.3 Å². The Morgan fingerprint density at radius 2 is 2.08 bits per heavy atom. The van der Waals surface area contributed by atoms with Gasteiger partial charge in [-0.15, -0.1) is 0 Å². The summed E-state index contributed by atoms with van der Waals surface area (Å²) in [5, 5.41) is 10.7. The third kappa shape index (κ3) is 7.38. The van der Waals surface area contributed by atoms with Gasteiger partial charge >= 0.3 is 11.8 Å². The highest BCUT2D eigenvalue weighted by Crippen LogP contribution is 2.55. The molecule has 1 aliphatic carbocycles. The number of allylic oxidation sites excluding steroid dienone is 1. The molecule has 0 bridgehead atoms. The largest absolute Gasteiger partial charge is 0.415 e. The fourth-order valence-corrected chi connectivity index (χ4v) is 10.8. The Morgan fingerprint density at radius 3 is 2.64 bits per heavy atom. The molecule has 220 valence electrons. The highest BCUT2D eigenvalue weighted by atomic mass is 32.9. The summed E-state index contributed by atoms with van der Waals surface area (Å²) in [7, 11) is -2.43. The molecule has 0 radical (unpaired) electrons. The number of aliphatic hydroxyl groups is 1. The van der Waals surface area contributed by atoms with Crippen LogP contribution in [0.1, 0.15) is 65.7 Å². The van der Waals surface area contributed by atoms with E-state index in [-0.39, 0.29) is 17.2 Å². The van der Waals surface area contributed by atoms with Gasteiger partial charge in [-0.2, -0.15) is 4.52 Å². The fraction of sp³-hybridized carbons (Fsp3) is 0.769. The summed E-state index contributed by atoms with van der Waals surface area (Å²) < 4.78 is 35.3. The summed E-state index contributed by atoms with van der Waals surface area (Å²) in [6.07, 6.45) is -3.06. The van der Waals surface area contributed by atoms with Crippen molar-refractivity contribution < 1.29 is 23.2 Å². The van der Waals surface area contributed by atoms with Gasteiger partial charge in [0.2, 0.25) is 11.8 Å². The Balaban J connectivity index is 1.78. The van der Waals surface area contributed by atoms with Gasteiger partial charge in [-0.1, -0.05) is 32.9 Å². The summed E-state index contributed by atoms with van der Waals surface area (Å²) in [6, 6.07) is 0. The van der Waals surface area contributed by atoms with Crippen LogP contribution in [0.4, 0.5) is 4.39 Å². The van der Waals surface area contributed by atoms with Crippen LogP contribution >= 0.6 is 17.5 Å². The molecule has 8 atom stereocenters. The second-order valence-corrected chi connectivity index (χ2v) is 22.4. The first-order chi connectivity index (χ1) is 17.9. The van der Waals surface area contributed by atoms with Crippen LogP contribution in [0, 0.1) is 12.8 Å². The topological polar surface area (TPSA) is 103 Å². The minimum atomic E-state index is -2.43. The Morgan fingerprint density at radius 1 is 1.44 bits per heavy atom. The van der Waals surface area contributed by atoms with Crippen molar-refractivity contribution in [2.24, 2.45) is 5.92 Å². The lowest BCUT2D eigenvalue weighted by atomic mass is 9.77. The summed E-state index contributed by atoms with van der Waals surface area (Å²) in [5.41, 5.74) is 0.0708. The first-order valence-corrected chi connectivity index (χ1v) is 19.9. The number of aryl methyl sites for hydroxylation is 1. The molecule has 0 spiro atoms. The summed E-state index contributed by atoms with van der Waals surface area (Å²) >= 11 is 7.12. The van der Waals surface area contributed by atoms with Gasteiger partial charge in [-0.05, 0) is 64.1 Å². The van der Waals surface area contributed by atoms with Crippen LogP contribution in [0.5, 0.6) is 0 Å². The molecule has 2 aliphatic rings. The van der Waals surface area contributed by atoms with Crippen LogP contribution in [-0.4, -0.2) is 58.8 Å². The van der Waals surface area contributed by atoms with Crippen molar-refractivity contribution in [1.82, 2.24) is 9.55 Å². The normalized spacial score (nSPS) is 32.3. The van der Waals surface area contributed by atoms with Gasteiger partial charge in [0.15, 0.2) is 20.7 Å². The zero-order valence-electron chi connectivity index (χ0n) is 24.2. The molecular weight excluding hydrogens is 578 g/mol. The van der Waals surface area contributed by atoms with Crippen LogP contribution in [0.2, 0.25) is 18.1 Å². The summed E-state index contributed by atoms with van der Waals surface area (Å²) in [6.45, 7) is 19.8. The molecule has 2 heterocycles. The lowest BCUT2D eigenvalue weighted by Crippen LogP contribution is -2.49. The maximum absolute atomic E-state index is 16.0. The molecule has 0 aromatic carbocycles. The lowest BCUT2D eigenvalue weighted by molar-refractivity contribution is -0.0414. The number of hydrogen-bond acceptors (Lipinski definition) is 8. The molecule has 1 aromatic rings. The van der Waals surface area contributed by atoms with E-state index in [9.17, 15) is 14.7 Å². The van der Waals surface area contributed by atoms with E-state index in [0.29, 0.717) is 12.3 Å². The number of H-pyrrole nitrogens is 1. The van der Waals surface area contributed by atoms with Crippen molar-refractivity contribution in [3.05, 3.63) is 44.8 Å². The molecule has 1 saturated carbocycles. The average Bonchev–Trinajstić information content (AvgIpc) is 3.10. The smallest absolute Gasteiger partial charge is 0.408 e. The van der Waals surface area contributed by atoms with E-state index in [1.54, 1.807) is 6.92 Å². The van der Waals surface area contributed by atoms with E-state index in [0.717, 1.165) is 23.0 Å². The monoisotopic (exact) mass is 621 g/mol. The van der Waals surface area contributed by atoms with E-state index in [4.69, 9.17) is 25.5 Å². The number of halogens is 1. The average molecular weight is 622 g/mol. The van der Waals surface area contributed by atoms with Crippen LogP contribution in [0.3, 0.4) is 0 Å². The van der Waals surface area contributed by atoms with Gasteiger partial charge < -0.3 is 14.3 Å². The maximum Gasteiger partial charge on any atom is 0.415 e. The third-order valence-electron chi connectivity index (χ3n) is 8.45. The minimum absolute atomic E-state index is 0.0178. The molecule has 1 aliphatic heterocycles. The number of nitrogens with zero attached hydrogens (tertiary/aromatic N) is 1. The number of hydrogen-bond donors (Lipinski definition) is 2. The Bertz CT molecular complexity index is 1200. The molecule has 2 fully saturated rings. The molecule has 2 N–H and O–H groups in total. The summed E-state index contributed by atoms with van der Waals surface area (Å²) in [4.78, 5) is 26.6. The van der Waals surface area contributed by atoms with Crippen LogP contribution in [0.15, 0.2) is 27.9 Å². The molecule has 1 saturated heterocycles. The number of aromatic amines is 1. The predicted octanol–water partition coefficient (Wildman–Crippen LogP) is 5.49. The fourth-order valence-electron chi connectivity index (χ4n) is 4.63. The number of nitrogens with one attached hydrogen (secondary N) is 1. The maximum atomic E-state index is 16.0. The highest BCUT2D eigenvalue weighted by Gasteiger charge is 2.53. The summed E-state index contributed by atoms with van der Waals surface area (Å²) in [5.74, 6) is 0.296. The minimum Gasteiger partial charge on any atom is -0.408 e. The van der Waals surface area contributed by atoms with Crippen molar-refractivity contribution in [3.8, 4) is 0 Å². The van der Waals surface area contributed by atoms with E-state index < -0.39 is 61.2 Å². The van der Waals surface area contributed by atoms with E-state index in [1.807, 2.05) is 26.9 Å². The van der Waals surface area contributed by atoms with Gasteiger partial charge in [-0.3, -0.25) is 14.3 Å². The van der Waals surface area contributed by atoms with Crippen molar-refractivity contribution in [1.29, 1.82) is 0 Å². The SMILES string of the molecule is C=C(C)[C@@H]1CC[C@](C)(S[P+](=S)OC[C@H]2O[C@@H](n3cc(C)c(=O)[nH]c3=O)[C@H](F)C2O[Si](C)(C)C(C)(C)C)[C@@H](O)C1. The van der Waals surface area contributed by atoms with Crippen molar-refractivity contribution in [2.45, 2.75) is 114 Å². The van der Waals surface area contributed by atoms with Crippen LogP contribution < -0.4 is 11.2 Å². The van der Waals surface area contributed by atoms with Crippen molar-refractivity contribution in [3.63, 3.8) is 0 Å². The highest BCUT2D eigenvalue weighted by molar-refractivity contribution is 8.63. The van der Waals surface area contributed by atoms with E-state index >= 15 is 4.39 Å². The molecule has 39 heavy (non-hydrogen) atoms. The third-order valence-corrected chi connectivity index (χ3v) is 17.3.